The third kappa shape index (κ3) is 4.16. The Labute approximate surface area is 162 Å². The molecule has 0 aliphatic carbocycles. The highest BCUT2D eigenvalue weighted by Crippen LogP contribution is 2.19. The van der Waals surface area contributed by atoms with Crippen LogP contribution < -0.4 is 4.90 Å². The number of imidazole rings is 1. The van der Waals surface area contributed by atoms with Gasteiger partial charge in [-0.05, 0) is 63.1 Å². The summed E-state index contributed by atoms with van der Waals surface area (Å²) in [5.74, 6) is 1.13. The van der Waals surface area contributed by atoms with Gasteiger partial charge in [0.25, 0.3) is 0 Å². The van der Waals surface area contributed by atoms with E-state index in [9.17, 15) is 0 Å². The van der Waals surface area contributed by atoms with E-state index in [0.29, 0.717) is 0 Å². The van der Waals surface area contributed by atoms with Crippen molar-refractivity contribution in [1.29, 1.82) is 0 Å². The van der Waals surface area contributed by atoms with Crippen molar-refractivity contribution in [3.05, 3.63) is 59.9 Å². The lowest BCUT2D eigenvalue weighted by molar-refractivity contribution is 0.251. The number of rotatable bonds is 6. The molecule has 0 atom stereocenters. The Hall–Kier alpha value is -2.33. The number of fused-ring (bicyclic) bond motifs is 1. The summed E-state index contributed by atoms with van der Waals surface area (Å²) in [5, 5.41) is 0. The van der Waals surface area contributed by atoms with E-state index in [0.717, 1.165) is 31.0 Å². The summed E-state index contributed by atoms with van der Waals surface area (Å²) in [7, 11) is 0. The third-order valence-electron chi connectivity index (χ3n) is 5.69. The minimum absolute atomic E-state index is 1.07. The molecule has 1 aromatic heterocycles. The number of hydrogen-bond acceptors (Lipinski definition) is 3. The molecule has 0 spiro atoms. The third-order valence-corrected chi connectivity index (χ3v) is 5.69. The SMILES string of the molecule is Cc1cccc(N2CCN(CCCCn3c(C)nc4ccccc43)CC2)c1. The molecule has 4 rings (SSSR count). The van der Waals surface area contributed by atoms with Gasteiger partial charge in [0.15, 0.2) is 0 Å². The van der Waals surface area contributed by atoms with E-state index in [1.807, 2.05) is 0 Å². The number of aryl methyl sites for hydroxylation is 3. The van der Waals surface area contributed by atoms with Crippen LogP contribution in [-0.2, 0) is 6.54 Å². The Morgan fingerprint density at radius 3 is 2.44 bits per heavy atom. The molecule has 0 saturated carbocycles. The monoisotopic (exact) mass is 362 g/mol. The van der Waals surface area contributed by atoms with E-state index in [-0.39, 0.29) is 0 Å². The number of para-hydroxylation sites is 2. The highest BCUT2D eigenvalue weighted by molar-refractivity contribution is 5.75. The van der Waals surface area contributed by atoms with Crippen LogP contribution in [0.15, 0.2) is 48.5 Å². The van der Waals surface area contributed by atoms with Crippen LogP contribution in [0.25, 0.3) is 11.0 Å². The fraction of sp³-hybridized carbons (Fsp3) is 0.435. The smallest absolute Gasteiger partial charge is 0.106 e. The first-order valence-corrected chi connectivity index (χ1v) is 10.2. The molecule has 0 amide bonds. The number of piperazine rings is 1. The zero-order chi connectivity index (χ0) is 18.6. The second-order valence-corrected chi connectivity index (χ2v) is 7.67. The second-order valence-electron chi connectivity index (χ2n) is 7.67. The number of aromatic nitrogens is 2. The van der Waals surface area contributed by atoms with Crippen molar-refractivity contribution in [2.75, 3.05) is 37.6 Å². The topological polar surface area (TPSA) is 24.3 Å². The lowest BCUT2D eigenvalue weighted by Crippen LogP contribution is -2.46. The van der Waals surface area contributed by atoms with Crippen molar-refractivity contribution in [2.24, 2.45) is 0 Å². The fourth-order valence-electron chi connectivity index (χ4n) is 4.14. The summed E-state index contributed by atoms with van der Waals surface area (Å²) in [6.07, 6.45) is 2.45. The van der Waals surface area contributed by atoms with E-state index in [1.165, 1.54) is 49.2 Å². The van der Waals surface area contributed by atoms with E-state index in [2.05, 4.69) is 81.7 Å². The first-order chi connectivity index (χ1) is 13.2. The average Bonchev–Trinajstić information content (AvgIpc) is 3.01. The summed E-state index contributed by atoms with van der Waals surface area (Å²) in [5.41, 5.74) is 5.10. The second kappa shape index (κ2) is 8.13. The van der Waals surface area contributed by atoms with Crippen molar-refractivity contribution < 1.29 is 0 Å². The Morgan fingerprint density at radius 1 is 0.852 bits per heavy atom. The molecule has 0 radical (unpaired) electrons. The molecular weight excluding hydrogens is 332 g/mol. The molecule has 0 N–H and O–H groups in total. The Kier molecular flexibility index (Phi) is 5.44. The Morgan fingerprint density at radius 2 is 1.63 bits per heavy atom. The van der Waals surface area contributed by atoms with Crippen LogP contribution in [-0.4, -0.2) is 47.2 Å². The predicted octanol–water partition coefficient (Wildman–Crippen LogP) is 4.26. The summed E-state index contributed by atoms with van der Waals surface area (Å²) in [4.78, 5) is 9.81. The molecule has 4 nitrogen and oxygen atoms in total. The van der Waals surface area contributed by atoms with Gasteiger partial charge in [0.05, 0.1) is 11.0 Å². The molecule has 1 fully saturated rings. The summed E-state index contributed by atoms with van der Waals surface area (Å²) >= 11 is 0. The minimum Gasteiger partial charge on any atom is -0.369 e. The van der Waals surface area contributed by atoms with Crippen molar-refractivity contribution in [3.8, 4) is 0 Å². The van der Waals surface area contributed by atoms with Crippen molar-refractivity contribution in [2.45, 2.75) is 33.2 Å². The van der Waals surface area contributed by atoms with Gasteiger partial charge in [0.2, 0.25) is 0 Å². The van der Waals surface area contributed by atoms with E-state index in [4.69, 9.17) is 0 Å². The normalized spacial score (nSPS) is 15.6. The zero-order valence-electron chi connectivity index (χ0n) is 16.6. The van der Waals surface area contributed by atoms with Crippen LogP contribution in [0.1, 0.15) is 24.2 Å². The fourth-order valence-corrected chi connectivity index (χ4v) is 4.14. The van der Waals surface area contributed by atoms with Gasteiger partial charge in [0, 0.05) is 38.4 Å². The van der Waals surface area contributed by atoms with Crippen molar-refractivity contribution in [3.63, 3.8) is 0 Å². The van der Waals surface area contributed by atoms with Gasteiger partial charge >= 0.3 is 0 Å². The van der Waals surface area contributed by atoms with Crippen LogP contribution in [0.5, 0.6) is 0 Å². The molecule has 1 aliphatic rings. The largest absolute Gasteiger partial charge is 0.369 e. The summed E-state index contributed by atoms with van der Waals surface area (Å²) in [6.45, 7) is 11.2. The Bertz CT molecular complexity index is 890. The quantitative estimate of drug-likeness (QED) is 0.613. The number of hydrogen-bond donors (Lipinski definition) is 0. The lowest BCUT2D eigenvalue weighted by Gasteiger charge is -2.36. The molecule has 2 aromatic carbocycles. The zero-order valence-corrected chi connectivity index (χ0v) is 16.6. The molecule has 142 valence electrons. The highest BCUT2D eigenvalue weighted by atomic mass is 15.3. The number of nitrogens with zero attached hydrogens (tertiary/aromatic N) is 4. The van der Waals surface area contributed by atoms with Crippen LogP contribution >= 0.6 is 0 Å². The molecular formula is C23H30N4. The van der Waals surface area contributed by atoms with Crippen LogP contribution in [0.4, 0.5) is 5.69 Å². The first-order valence-electron chi connectivity index (χ1n) is 10.2. The number of benzene rings is 2. The van der Waals surface area contributed by atoms with Gasteiger partial charge in [-0.3, -0.25) is 4.90 Å². The summed E-state index contributed by atoms with van der Waals surface area (Å²) < 4.78 is 2.37. The summed E-state index contributed by atoms with van der Waals surface area (Å²) in [6, 6.07) is 17.3. The molecule has 4 heteroatoms. The van der Waals surface area contributed by atoms with Gasteiger partial charge in [-0.2, -0.15) is 0 Å². The minimum atomic E-state index is 1.07. The van der Waals surface area contributed by atoms with Crippen LogP contribution in [0.3, 0.4) is 0 Å². The van der Waals surface area contributed by atoms with Crippen molar-refractivity contribution in [1.82, 2.24) is 14.5 Å². The van der Waals surface area contributed by atoms with E-state index < -0.39 is 0 Å². The standard InChI is InChI=1S/C23H30N4/c1-19-8-7-9-21(18-19)26-16-14-25(15-17-26)12-5-6-13-27-20(2)24-22-10-3-4-11-23(22)27/h3-4,7-11,18H,5-6,12-17H2,1-2H3. The Balaban J connectivity index is 1.23. The maximum Gasteiger partial charge on any atom is 0.106 e. The lowest BCUT2D eigenvalue weighted by atomic mass is 10.2. The van der Waals surface area contributed by atoms with E-state index >= 15 is 0 Å². The molecule has 2 heterocycles. The van der Waals surface area contributed by atoms with Crippen LogP contribution in [0.2, 0.25) is 0 Å². The molecule has 27 heavy (non-hydrogen) atoms. The molecule has 0 unspecified atom stereocenters. The van der Waals surface area contributed by atoms with Gasteiger partial charge in [-0.1, -0.05) is 24.3 Å². The maximum atomic E-state index is 4.67. The van der Waals surface area contributed by atoms with Crippen molar-refractivity contribution >= 4 is 16.7 Å². The number of unbranched alkanes of at least 4 members (excludes halogenated alkanes) is 1. The highest BCUT2D eigenvalue weighted by Gasteiger charge is 2.16. The van der Waals surface area contributed by atoms with Gasteiger partial charge in [-0.25, -0.2) is 4.98 Å². The first kappa shape index (κ1) is 18.1. The van der Waals surface area contributed by atoms with Crippen LogP contribution in [0, 0.1) is 13.8 Å². The molecule has 3 aromatic rings. The van der Waals surface area contributed by atoms with Gasteiger partial charge in [-0.15, -0.1) is 0 Å². The van der Waals surface area contributed by atoms with E-state index in [1.54, 1.807) is 0 Å². The molecule has 1 saturated heterocycles. The maximum absolute atomic E-state index is 4.67. The average molecular weight is 363 g/mol. The van der Waals surface area contributed by atoms with Gasteiger partial charge in [0.1, 0.15) is 5.82 Å². The molecule has 0 bridgehead atoms. The predicted molar refractivity (Wildman–Crippen MR) is 114 cm³/mol. The number of anilines is 1. The molecule has 1 aliphatic heterocycles. The van der Waals surface area contributed by atoms with Gasteiger partial charge < -0.3 is 9.47 Å².